The number of pyridine rings is 1. The van der Waals surface area contributed by atoms with Gasteiger partial charge in [-0.05, 0) is 24.3 Å². The smallest absolute Gasteiger partial charge is 0.260 e. The predicted molar refractivity (Wildman–Crippen MR) is 94.5 cm³/mol. The standard InChI is InChI=1S/C18H21N4O3/c1-22(2,3)10-11-25-18-17(15-6-4-5-9-21(15)20-18)19-14-8-7-13(23)12-16(14)24/h4-9H,10-12H2,1-3H3/q+1. The number of carbonyl (C=O) groups excluding carboxylic acids is 2. The third-order valence-corrected chi connectivity index (χ3v) is 3.76. The van der Waals surface area contributed by atoms with E-state index in [1.807, 2.05) is 18.2 Å². The van der Waals surface area contributed by atoms with Crippen LogP contribution in [0.1, 0.15) is 6.42 Å². The van der Waals surface area contributed by atoms with E-state index in [9.17, 15) is 9.59 Å². The third-order valence-electron chi connectivity index (χ3n) is 3.76. The Morgan fingerprint density at radius 2 is 2.04 bits per heavy atom. The molecule has 1 aliphatic rings. The van der Waals surface area contributed by atoms with Gasteiger partial charge in [-0.15, -0.1) is 5.10 Å². The number of hydrogen-bond donors (Lipinski definition) is 0. The molecule has 0 aliphatic heterocycles. The highest BCUT2D eigenvalue weighted by molar-refractivity contribution is 6.50. The molecule has 0 spiro atoms. The molecule has 2 aromatic rings. The van der Waals surface area contributed by atoms with Crippen LogP contribution in [-0.4, -0.2) is 65.7 Å². The molecule has 0 aromatic carbocycles. The number of ketones is 2. The van der Waals surface area contributed by atoms with Gasteiger partial charge in [0.05, 0.1) is 33.1 Å². The zero-order valence-corrected chi connectivity index (χ0v) is 14.6. The van der Waals surface area contributed by atoms with Crippen molar-refractivity contribution in [2.45, 2.75) is 6.42 Å². The maximum Gasteiger partial charge on any atom is 0.260 e. The number of nitrogens with zero attached hydrogens (tertiary/aromatic N) is 4. The molecule has 0 radical (unpaired) electrons. The molecule has 0 fully saturated rings. The van der Waals surface area contributed by atoms with Crippen molar-refractivity contribution in [2.24, 2.45) is 4.99 Å². The van der Waals surface area contributed by atoms with E-state index in [1.54, 1.807) is 10.7 Å². The lowest BCUT2D eigenvalue weighted by atomic mass is 10.0. The van der Waals surface area contributed by atoms with Crippen LogP contribution in [0, 0.1) is 0 Å². The van der Waals surface area contributed by atoms with Gasteiger partial charge in [0.15, 0.2) is 17.3 Å². The van der Waals surface area contributed by atoms with Crippen LogP contribution in [0.25, 0.3) is 5.52 Å². The predicted octanol–water partition coefficient (Wildman–Crippen LogP) is 1.59. The molecule has 0 bridgehead atoms. The van der Waals surface area contributed by atoms with Crippen molar-refractivity contribution in [3.63, 3.8) is 0 Å². The van der Waals surface area contributed by atoms with E-state index >= 15 is 0 Å². The number of aliphatic imine (C=N–C) groups is 1. The van der Waals surface area contributed by atoms with Crippen molar-refractivity contribution < 1.29 is 18.8 Å². The zero-order chi connectivity index (χ0) is 18.0. The fourth-order valence-corrected chi connectivity index (χ4v) is 2.38. The Morgan fingerprint density at radius 1 is 1.24 bits per heavy atom. The second-order valence-corrected chi connectivity index (χ2v) is 6.94. The fraction of sp³-hybridized carbons (Fsp3) is 0.333. The monoisotopic (exact) mass is 341 g/mol. The minimum absolute atomic E-state index is 0.147. The van der Waals surface area contributed by atoms with Crippen molar-refractivity contribution in [3.8, 4) is 5.88 Å². The number of fused-ring (bicyclic) bond motifs is 1. The van der Waals surface area contributed by atoms with Gasteiger partial charge in [0.1, 0.15) is 18.9 Å². The Morgan fingerprint density at radius 3 is 2.76 bits per heavy atom. The molecule has 1 aliphatic carbocycles. The number of rotatable bonds is 5. The van der Waals surface area contributed by atoms with E-state index in [0.717, 1.165) is 16.5 Å². The van der Waals surface area contributed by atoms with E-state index in [0.29, 0.717) is 18.2 Å². The lowest BCUT2D eigenvalue weighted by Crippen LogP contribution is -2.38. The summed E-state index contributed by atoms with van der Waals surface area (Å²) >= 11 is 0. The summed E-state index contributed by atoms with van der Waals surface area (Å²) in [4.78, 5) is 27.8. The van der Waals surface area contributed by atoms with Crippen LogP contribution in [0.4, 0.5) is 5.69 Å². The SMILES string of the molecule is C[N+](C)(C)CCOc1nn2ccccc2c1N=C1C=CC(=O)CC1=O. The van der Waals surface area contributed by atoms with Crippen LogP contribution < -0.4 is 4.74 Å². The quantitative estimate of drug-likeness (QED) is 0.611. The van der Waals surface area contributed by atoms with E-state index in [-0.39, 0.29) is 23.7 Å². The molecule has 2 heterocycles. The number of allylic oxidation sites excluding steroid dienone is 2. The summed E-state index contributed by atoms with van der Waals surface area (Å²) in [5, 5.41) is 4.42. The summed E-state index contributed by atoms with van der Waals surface area (Å²) in [7, 11) is 6.24. The normalized spacial score (nSPS) is 16.8. The van der Waals surface area contributed by atoms with Gasteiger partial charge in [-0.3, -0.25) is 9.59 Å². The summed E-state index contributed by atoms with van der Waals surface area (Å²) in [5.74, 6) is -0.117. The first-order valence-corrected chi connectivity index (χ1v) is 8.07. The molecule has 0 atom stereocenters. The average molecular weight is 341 g/mol. The first kappa shape index (κ1) is 17.0. The first-order valence-electron chi connectivity index (χ1n) is 8.07. The van der Waals surface area contributed by atoms with Gasteiger partial charge in [0.2, 0.25) is 0 Å². The van der Waals surface area contributed by atoms with Gasteiger partial charge >= 0.3 is 0 Å². The Balaban J connectivity index is 1.97. The molecule has 7 heteroatoms. The minimum Gasteiger partial charge on any atom is -0.469 e. The Hall–Kier alpha value is -2.80. The first-order chi connectivity index (χ1) is 11.8. The topological polar surface area (TPSA) is 73.0 Å². The van der Waals surface area contributed by atoms with Crippen molar-refractivity contribution in [1.29, 1.82) is 0 Å². The van der Waals surface area contributed by atoms with Gasteiger partial charge in [-0.1, -0.05) is 6.07 Å². The summed E-state index contributed by atoms with van der Waals surface area (Å²) < 4.78 is 8.27. The zero-order valence-electron chi connectivity index (χ0n) is 14.6. The Labute approximate surface area is 145 Å². The highest BCUT2D eigenvalue weighted by atomic mass is 16.5. The van der Waals surface area contributed by atoms with Gasteiger partial charge in [0, 0.05) is 6.20 Å². The second kappa shape index (κ2) is 6.60. The Bertz CT molecular complexity index is 887. The van der Waals surface area contributed by atoms with Crippen LogP contribution in [0.2, 0.25) is 0 Å². The number of likely N-dealkylation sites (N-methyl/N-ethyl adjacent to an activating group) is 1. The molecule has 0 unspecified atom stereocenters. The summed E-state index contributed by atoms with van der Waals surface area (Å²) in [6.45, 7) is 1.28. The maximum absolute atomic E-state index is 12.1. The molecule has 2 aromatic heterocycles. The fourth-order valence-electron chi connectivity index (χ4n) is 2.38. The van der Waals surface area contributed by atoms with Crippen molar-refractivity contribution in [1.82, 2.24) is 9.61 Å². The van der Waals surface area contributed by atoms with Crippen LogP contribution in [0.3, 0.4) is 0 Å². The van der Waals surface area contributed by atoms with Gasteiger partial charge < -0.3 is 9.22 Å². The number of aromatic nitrogens is 2. The van der Waals surface area contributed by atoms with Crippen molar-refractivity contribution in [3.05, 3.63) is 36.5 Å². The van der Waals surface area contributed by atoms with E-state index in [2.05, 4.69) is 31.2 Å². The molecule has 0 saturated carbocycles. The van der Waals surface area contributed by atoms with Gasteiger partial charge in [-0.25, -0.2) is 9.51 Å². The van der Waals surface area contributed by atoms with E-state index in [4.69, 9.17) is 4.74 Å². The summed E-state index contributed by atoms with van der Waals surface area (Å²) in [6.07, 6.45) is 4.49. The molecule has 0 N–H and O–H groups in total. The summed E-state index contributed by atoms with van der Waals surface area (Å²) in [5.41, 5.74) is 1.49. The van der Waals surface area contributed by atoms with E-state index < -0.39 is 0 Å². The number of carbonyl (C=O) groups is 2. The summed E-state index contributed by atoms with van der Waals surface area (Å²) in [6, 6.07) is 5.59. The molecule has 0 amide bonds. The number of Topliss-reactive ketones (excluding diaryl/α,β-unsaturated/α-hetero) is 1. The van der Waals surface area contributed by atoms with Gasteiger partial charge in [0.25, 0.3) is 5.88 Å². The molecular formula is C18H21N4O3+. The van der Waals surface area contributed by atoms with Crippen LogP contribution in [0.15, 0.2) is 41.5 Å². The average Bonchev–Trinajstić information content (AvgIpc) is 2.87. The van der Waals surface area contributed by atoms with Crippen molar-refractivity contribution >= 4 is 28.5 Å². The minimum atomic E-state index is -0.292. The maximum atomic E-state index is 12.1. The van der Waals surface area contributed by atoms with Crippen LogP contribution in [0.5, 0.6) is 5.88 Å². The lowest BCUT2D eigenvalue weighted by Gasteiger charge is -2.23. The highest BCUT2D eigenvalue weighted by Crippen LogP contribution is 2.32. The molecular weight excluding hydrogens is 320 g/mol. The molecule has 130 valence electrons. The molecule has 0 saturated heterocycles. The lowest BCUT2D eigenvalue weighted by molar-refractivity contribution is -0.870. The largest absolute Gasteiger partial charge is 0.469 e. The van der Waals surface area contributed by atoms with Gasteiger partial charge in [-0.2, -0.15) is 0 Å². The molecule has 7 nitrogen and oxygen atoms in total. The number of hydrogen-bond acceptors (Lipinski definition) is 5. The third kappa shape index (κ3) is 4.00. The Kier molecular flexibility index (Phi) is 4.50. The van der Waals surface area contributed by atoms with Crippen LogP contribution >= 0.6 is 0 Å². The van der Waals surface area contributed by atoms with E-state index in [1.165, 1.54) is 12.2 Å². The number of ether oxygens (including phenoxy) is 1. The number of quaternary nitrogens is 1. The molecule has 3 rings (SSSR count). The molecule has 25 heavy (non-hydrogen) atoms. The second-order valence-electron chi connectivity index (χ2n) is 6.94. The van der Waals surface area contributed by atoms with Crippen molar-refractivity contribution in [2.75, 3.05) is 34.3 Å². The van der Waals surface area contributed by atoms with Crippen LogP contribution in [-0.2, 0) is 9.59 Å². The highest BCUT2D eigenvalue weighted by Gasteiger charge is 2.21.